The zero-order chi connectivity index (χ0) is 18.3. The maximum Gasteiger partial charge on any atom is 0.220 e. The molecule has 0 saturated heterocycles. The molecule has 2 atom stereocenters. The van der Waals surface area contributed by atoms with Crippen LogP contribution in [0.2, 0.25) is 0 Å². The van der Waals surface area contributed by atoms with Crippen LogP contribution in [0.4, 0.5) is 5.13 Å². The first-order valence-corrected chi connectivity index (χ1v) is 9.05. The highest BCUT2D eigenvalue weighted by atomic mass is 32.1. The number of hydrogen-bond donors (Lipinski definition) is 4. The number of rotatable bonds is 9. The van der Waals surface area contributed by atoms with Crippen LogP contribution in [-0.2, 0) is 16.1 Å². The van der Waals surface area contributed by atoms with Crippen molar-refractivity contribution in [3.63, 3.8) is 0 Å². The minimum atomic E-state index is -1.31. The lowest BCUT2D eigenvalue weighted by Gasteiger charge is -2.30. The molecular weight excluding hydrogens is 358 g/mol. The molecule has 0 aliphatic heterocycles. The van der Waals surface area contributed by atoms with Gasteiger partial charge in [-0.1, -0.05) is 48.6 Å². The lowest BCUT2D eigenvalue weighted by Crippen LogP contribution is -2.54. The number of amides is 1. The molecule has 0 aliphatic rings. The quantitative estimate of drug-likeness (QED) is 0.302. The third-order valence-electron chi connectivity index (χ3n) is 3.91. The van der Waals surface area contributed by atoms with Gasteiger partial charge in [-0.3, -0.25) is 14.7 Å². The van der Waals surface area contributed by atoms with E-state index < -0.39 is 5.66 Å². The molecule has 0 spiro atoms. The van der Waals surface area contributed by atoms with Crippen LogP contribution < -0.4 is 16.4 Å². The molecule has 0 aliphatic carbocycles. The van der Waals surface area contributed by atoms with Crippen molar-refractivity contribution < 1.29 is 9.59 Å². The van der Waals surface area contributed by atoms with Crippen molar-refractivity contribution >= 4 is 40.9 Å². The highest BCUT2D eigenvalue weighted by molar-refractivity contribution is 7.73. The fourth-order valence-corrected chi connectivity index (χ4v) is 3.08. The van der Waals surface area contributed by atoms with Gasteiger partial charge in [-0.2, -0.15) is 0 Å². The Morgan fingerprint density at radius 2 is 2.20 bits per heavy atom. The van der Waals surface area contributed by atoms with E-state index in [-0.39, 0.29) is 18.2 Å². The Kier molecular flexibility index (Phi) is 6.80. The van der Waals surface area contributed by atoms with Gasteiger partial charge in [-0.15, -0.1) is 5.10 Å². The van der Waals surface area contributed by atoms with Crippen LogP contribution in [0, 0.1) is 9.87 Å². The number of nitrogens with zero attached hydrogens (tertiary/aromatic N) is 1. The predicted octanol–water partition coefficient (Wildman–Crippen LogP) is 2.20. The Morgan fingerprint density at radius 3 is 2.80 bits per heavy atom. The van der Waals surface area contributed by atoms with Crippen LogP contribution in [0.15, 0.2) is 30.3 Å². The number of carbonyl (C=O) groups is 2. The number of carbonyl (C=O) groups excluding carboxylic acids is 2. The molecule has 9 heteroatoms. The monoisotopic (exact) mass is 379 g/mol. The summed E-state index contributed by atoms with van der Waals surface area (Å²) < 4.78 is 0.490. The number of hydrogen-bond acceptors (Lipinski definition) is 7. The largest absolute Gasteiger partial charge is 0.352 e. The van der Waals surface area contributed by atoms with Gasteiger partial charge in [0, 0.05) is 13.0 Å². The van der Waals surface area contributed by atoms with Crippen molar-refractivity contribution in [1.82, 2.24) is 15.5 Å². The van der Waals surface area contributed by atoms with E-state index in [9.17, 15) is 9.59 Å². The summed E-state index contributed by atoms with van der Waals surface area (Å²) in [5, 5.41) is 12.8. The molecule has 134 valence electrons. The Balaban J connectivity index is 1.84. The molecule has 1 amide bonds. The van der Waals surface area contributed by atoms with Gasteiger partial charge in [0.1, 0.15) is 5.66 Å². The van der Waals surface area contributed by atoms with Crippen molar-refractivity contribution in [1.29, 1.82) is 0 Å². The van der Waals surface area contributed by atoms with Crippen LogP contribution >= 0.6 is 23.6 Å². The highest BCUT2D eigenvalue weighted by Gasteiger charge is 2.32. The summed E-state index contributed by atoms with van der Waals surface area (Å²) in [6.07, 6.45) is 1.38. The summed E-state index contributed by atoms with van der Waals surface area (Å²) in [4.78, 5) is 23.5. The average Bonchev–Trinajstić information content (AvgIpc) is 3.03. The van der Waals surface area contributed by atoms with Crippen LogP contribution in [-0.4, -0.2) is 28.1 Å². The minimum Gasteiger partial charge on any atom is -0.352 e. The molecule has 1 aromatic carbocycles. The summed E-state index contributed by atoms with van der Waals surface area (Å²) in [5.41, 5.74) is 5.86. The van der Waals surface area contributed by atoms with Crippen molar-refractivity contribution in [3.8, 4) is 0 Å². The zero-order valence-corrected chi connectivity index (χ0v) is 15.5. The SMILES string of the molecule is CC(CCC(=O)NCc1ccccc1)C(N)(C=O)Nc1n[nH]c(=S)s1. The first-order valence-electron chi connectivity index (χ1n) is 7.82. The molecule has 7 nitrogen and oxygen atoms in total. The second-order valence-corrected chi connectivity index (χ2v) is 7.46. The fraction of sp³-hybridized carbons (Fsp3) is 0.375. The maximum atomic E-state index is 12.0. The average molecular weight is 380 g/mol. The molecule has 2 rings (SSSR count). The Morgan fingerprint density at radius 1 is 1.48 bits per heavy atom. The number of nitrogens with one attached hydrogen (secondary N) is 3. The first kappa shape index (κ1) is 19.2. The van der Waals surface area contributed by atoms with E-state index in [4.69, 9.17) is 18.0 Å². The van der Waals surface area contributed by atoms with Gasteiger partial charge in [0.15, 0.2) is 10.2 Å². The van der Waals surface area contributed by atoms with Crippen LogP contribution in [0.3, 0.4) is 0 Å². The third kappa shape index (κ3) is 5.73. The number of H-pyrrole nitrogens is 1. The van der Waals surface area contributed by atoms with Gasteiger partial charge >= 0.3 is 0 Å². The molecule has 0 fully saturated rings. The predicted molar refractivity (Wildman–Crippen MR) is 101 cm³/mol. The number of aromatic amines is 1. The van der Waals surface area contributed by atoms with Crippen LogP contribution in [0.1, 0.15) is 25.3 Å². The number of nitrogens with two attached hydrogens (primary N) is 1. The molecule has 5 N–H and O–H groups in total. The molecule has 1 aromatic heterocycles. The molecule has 25 heavy (non-hydrogen) atoms. The van der Waals surface area contributed by atoms with Gasteiger partial charge in [-0.05, 0) is 30.1 Å². The summed E-state index contributed by atoms with van der Waals surface area (Å²) in [6.45, 7) is 2.29. The van der Waals surface area contributed by atoms with Crippen molar-refractivity contribution in [2.24, 2.45) is 11.7 Å². The van der Waals surface area contributed by atoms with Crippen molar-refractivity contribution in [3.05, 3.63) is 39.8 Å². The van der Waals surface area contributed by atoms with E-state index in [0.717, 1.165) is 5.56 Å². The lowest BCUT2D eigenvalue weighted by molar-refractivity contribution is -0.122. The topological polar surface area (TPSA) is 113 Å². The first-order chi connectivity index (χ1) is 11.9. The summed E-state index contributed by atoms with van der Waals surface area (Å²) in [5.74, 6) is -0.357. The van der Waals surface area contributed by atoms with Crippen LogP contribution in [0.25, 0.3) is 0 Å². The fourth-order valence-electron chi connectivity index (χ4n) is 2.21. The normalized spacial score (nSPS) is 14.3. The Hall–Kier alpha value is -2.10. The molecule has 0 bridgehead atoms. The number of aldehydes is 1. The Labute approximate surface area is 155 Å². The number of aromatic nitrogens is 2. The summed E-state index contributed by atoms with van der Waals surface area (Å²) in [7, 11) is 0. The van der Waals surface area contributed by atoms with Gasteiger partial charge in [0.25, 0.3) is 0 Å². The summed E-state index contributed by atoms with van der Waals surface area (Å²) >= 11 is 6.15. The third-order valence-corrected chi connectivity index (χ3v) is 4.91. The second kappa shape index (κ2) is 8.84. The van der Waals surface area contributed by atoms with E-state index in [2.05, 4.69) is 20.8 Å². The second-order valence-electron chi connectivity index (χ2n) is 5.80. The molecule has 1 heterocycles. The van der Waals surface area contributed by atoms with Crippen LogP contribution in [0.5, 0.6) is 0 Å². The minimum absolute atomic E-state index is 0.0839. The van der Waals surface area contributed by atoms with E-state index in [1.165, 1.54) is 11.3 Å². The highest BCUT2D eigenvalue weighted by Crippen LogP contribution is 2.22. The van der Waals surface area contributed by atoms with Gasteiger partial charge in [-0.25, -0.2) is 0 Å². The molecule has 0 saturated carbocycles. The Bertz CT molecular complexity index is 761. The van der Waals surface area contributed by atoms with Gasteiger partial charge < -0.3 is 16.4 Å². The van der Waals surface area contributed by atoms with Gasteiger partial charge in [0.05, 0.1) is 0 Å². The van der Waals surface area contributed by atoms with Crippen molar-refractivity contribution in [2.75, 3.05) is 5.32 Å². The van der Waals surface area contributed by atoms with E-state index in [0.29, 0.717) is 28.3 Å². The molecule has 2 unspecified atom stereocenters. The molecule has 2 aromatic rings. The van der Waals surface area contributed by atoms with Crippen molar-refractivity contribution in [2.45, 2.75) is 32.0 Å². The summed E-state index contributed by atoms with van der Waals surface area (Å²) in [6, 6.07) is 9.67. The number of anilines is 1. The van der Waals surface area contributed by atoms with E-state index in [1.54, 1.807) is 0 Å². The van der Waals surface area contributed by atoms with E-state index in [1.807, 2.05) is 37.3 Å². The zero-order valence-electron chi connectivity index (χ0n) is 13.8. The molecular formula is C16H21N5O2S2. The van der Waals surface area contributed by atoms with E-state index >= 15 is 0 Å². The smallest absolute Gasteiger partial charge is 0.220 e. The standard InChI is InChI=1S/C16H21N5O2S2/c1-11(16(17,10-22)19-14-20-21-15(24)25-14)7-8-13(23)18-9-12-5-3-2-4-6-12/h2-6,10-11H,7-9,17H2,1H3,(H,18,23)(H,19,20)(H,21,24). The maximum absolute atomic E-state index is 12.0. The number of benzene rings is 1. The van der Waals surface area contributed by atoms with Gasteiger partial charge in [0.2, 0.25) is 11.0 Å². The molecule has 0 radical (unpaired) electrons. The lowest BCUT2D eigenvalue weighted by atomic mass is 9.91.